The molecule has 0 unspecified atom stereocenters. The highest BCUT2D eigenvalue weighted by Gasteiger charge is 2.10. The minimum Gasteiger partial charge on any atom is -0.352 e. The van der Waals surface area contributed by atoms with Crippen molar-refractivity contribution in [1.82, 2.24) is 39.7 Å². The number of nitrogens with zero attached hydrogens (tertiary/aromatic N) is 6. The van der Waals surface area contributed by atoms with Gasteiger partial charge in [-0.3, -0.25) is 9.59 Å². The van der Waals surface area contributed by atoms with Crippen LogP contribution in [-0.4, -0.2) is 54.0 Å². The molecule has 0 radical (unpaired) electrons. The Bertz CT molecular complexity index is 1150. The first-order valence-corrected chi connectivity index (χ1v) is 10.1. The zero-order valence-electron chi connectivity index (χ0n) is 17.5. The van der Waals surface area contributed by atoms with Gasteiger partial charge in [-0.2, -0.15) is 0 Å². The lowest BCUT2D eigenvalue weighted by molar-refractivity contribution is 0.0947. The number of nitrogens with one attached hydrogen (secondary N) is 2. The van der Waals surface area contributed by atoms with E-state index in [1.54, 1.807) is 37.2 Å². The minimum atomic E-state index is -0.161. The molecule has 0 saturated heterocycles. The van der Waals surface area contributed by atoms with Crippen LogP contribution in [0, 0.1) is 0 Å². The fraction of sp³-hybridized carbons (Fsp3) is 0.333. The van der Waals surface area contributed by atoms with E-state index in [0.29, 0.717) is 35.2 Å². The predicted molar refractivity (Wildman–Crippen MR) is 116 cm³/mol. The van der Waals surface area contributed by atoms with E-state index in [1.165, 1.54) is 0 Å². The van der Waals surface area contributed by atoms with E-state index in [0.717, 1.165) is 30.6 Å². The monoisotopic (exact) mass is 420 g/mol. The molecule has 160 valence electrons. The van der Waals surface area contributed by atoms with Crippen molar-refractivity contribution >= 4 is 34.1 Å². The molecule has 4 aromatic rings. The Morgan fingerprint density at radius 2 is 1.19 bits per heavy atom. The molecule has 4 rings (SSSR count). The largest absolute Gasteiger partial charge is 0.352 e. The molecule has 31 heavy (non-hydrogen) atoms. The molecule has 0 atom stereocenters. The summed E-state index contributed by atoms with van der Waals surface area (Å²) in [5.74, 6) is -0.323. The van der Waals surface area contributed by atoms with Crippen LogP contribution in [0.2, 0.25) is 0 Å². The SMILES string of the molecule is Cn1cnc2cc(C(=O)NCCCCCNC(=O)c3cnc4c(c3)ncn4C)cnc21. The Balaban J connectivity index is 1.15. The number of amides is 2. The highest BCUT2D eigenvalue weighted by molar-refractivity contribution is 5.96. The van der Waals surface area contributed by atoms with Crippen LogP contribution >= 0.6 is 0 Å². The Morgan fingerprint density at radius 3 is 1.65 bits per heavy atom. The summed E-state index contributed by atoms with van der Waals surface area (Å²) in [6, 6.07) is 3.48. The molecule has 0 aliphatic carbocycles. The summed E-state index contributed by atoms with van der Waals surface area (Å²) in [7, 11) is 3.72. The fourth-order valence-electron chi connectivity index (χ4n) is 3.32. The molecule has 0 fully saturated rings. The van der Waals surface area contributed by atoms with Crippen LogP contribution in [0.4, 0.5) is 0 Å². The molecule has 4 aromatic heterocycles. The summed E-state index contributed by atoms with van der Waals surface area (Å²) >= 11 is 0. The van der Waals surface area contributed by atoms with Crippen molar-refractivity contribution in [3.8, 4) is 0 Å². The van der Waals surface area contributed by atoms with Crippen molar-refractivity contribution in [2.24, 2.45) is 14.1 Å². The summed E-state index contributed by atoms with van der Waals surface area (Å²) < 4.78 is 3.62. The second-order valence-electron chi connectivity index (χ2n) is 7.42. The van der Waals surface area contributed by atoms with Crippen molar-refractivity contribution in [3.63, 3.8) is 0 Å². The number of aromatic nitrogens is 6. The molecule has 0 saturated carbocycles. The van der Waals surface area contributed by atoms with Gasteiger partial charge in [0.25, 0.3) is 11.8 Å². The highest BCUT2D eigenvalue weighted by atomic mass is 16.2. The fourth-order valence-corrected chi connectivity index (χ4v) is 3.32. The van der Waals surface area contributed by atoms with Crippen molar-refractivity contribution in [3.05, 3.63) is 48.3 Å². The van der Waals surface area contributed by atoms with E-state index in [9.17, 15) is 9.59 Å². The second kappa shape index (κ2) is 8.90. The molecule has 0 bridgehead atoms. The molecule has 2 N–H and O–H groups in total. The van der Waals surface area contributed by atoms with Gasteiger partial charge in [0.2, 0.25) is 0 Å². The number of unbranched alkanes of at least 4 members (excludes halogenated alkanes) is 2. The number of imidazole rings is 2. The standard InChI is InChI=1S/C21H24N8O2/c1-28-12-26-16-8-14(10-24-18(16)28)20(30)22-6-4-3-5-7-23-21(31)15-9-17-19(25-11-15)29(2)13-27-17/h8-13H,3-7H2,1-2H3,(H,22,30)(H,23,31). The molecular formula is C21H24N8O2. The maximum atomic E-state index is 12.3. The maximum absolute atomic E-state index is 12.3. The molecule has 0 aliphatic rings. The van der Waals surface area contributed by atoms with Crippen molar-refractivity contribution in [2.75, 3.05) is 13.1 Å². The lowest BCUT2D eigenvalue weighted by Crippen LogP contribution is -2.26. The van der Waals surface area contributed by atoms with Gasteiger partial charge in [-0.25, -0.2) is 19.9 Å². The number of pyridine rings is 2. The van der Waals surface area contributed by atoms with Crippen LogP contribution in [0.1, 0.15) is 40.0 Å². The molecule has 0 spiro atoms. The first-order valence-electron chi connectivity index (χ1n) is 10.1. The maximum Gasteiger partial charge on any atom is 0.252 e. The Hall–Kier alpha value is -3.82. The number of hydrogen-bond donors (Lipinski definition) is 2. The van der Waals surface area contributed by atoms with E-state index in [2.05, 4.69) is 30.6 Å². The van der Waals surface area contributed by atoms with Crippen LogP contribution in [-0.2, 0) is 14.1 Å². The number of rotatable bonds is 8. The molecule has 0 aromatic carbocycles. The molecule has 10 nitrogen and oxygen atoms in total. The van der Waals surface area contributed by atoms with Crippen LogP contribution in [0.5, 0.6) is 0 Å². The first-order chi connectivity index (χ1) is 15.0. The van der Waals surface area contributed by atoms with Gasteiger partial charge in [-0.15, -0.1) is 0 Å². The lowest BCUT2D eigenvalue weighted by Gasteiger charge is -2.07. The third kappa shape index (κ3) is 4.52. The topological polar surface area (TPSA) is 120 Å². The van der Waals surface area contributed by atoms with E-state index in [1.807, 2.05) is 23.2 Å². The number of carbonyl (C=O) groups excluding carboxylic acids is 2. The third-order valence-electron chi connectivity index (χ3n) is 5.05. The van der Waals surface area contributed by atoms with Gasteiger partial charge in [-0.05, 0) is 31.4 Å². The molecule has 2 amide bonds. The number of aryl methyl sites for hydroxylation is 2. The summed E-state index contributed by atoms with van der Waals surface area (Å²) in [6.45, 7) is 1.13. The van der Waals surface area contributed by atoms with Crippen molar-refractivity contribution in [2.45, 2.75) is 19.3 Å². The summed E-state index contributed by atoms with van der Waals surface area (Å²) in [6.07, 6.45) is 9.00. The van der Waals surface area contributed by atoms with Crippen LogP contribution in [0.3, 0.4) is 0 Å². The number of fused-ring (bicyclic) bond motifs is 2. The quantitative estimate of drug-likeness (QED) is 0.418. The highest BCUT2D eigenvalue weighted by Crippen LogP contribution is 2.11. The smallest absolute Gasteiger partial charge is 0.252 e. The normalized spacial score (nSPS) is 11.2. The van der Waals surface area contributed by atoms with Crippen LogP contribution in [0.25, 0.3) is 22.3 Å². The van der Waals surface area contributed by atoms with Gasteiger partial charge in [-0.1, -0.05) is 0 Å². The average molecular weight is 420 g/mol. The average Bonchev–Trinajstić information content (AvgIpc) is 3.34. The molecule has 4 heterocycles. The van der Waals surface area contributed by atoms with Gasteiger partial charge in [0.05, 0.1) is 23.8 Å². The summed E-state index contributed by atoms with van der Waals surface area (Å²) in [4.78, 5) is 41.5. The van der Waals surface area contributed by atoms with Crippen molar-refractivity contribution < 1.29 is 9.59 Å². The zero-order chi connectivity index (χ0) is 21.8. The van der Waals surface area contributed by atoms with E-state index >= 15 is 0 Å². The zero-order valence-corrected chi connectivity index (χ0v) is 17.5. The molecule has 10 heteroatoms. The number of carbonyl (C=O) groups is 2. The van der Waals surface area contributed by atoms with E-state index in [4.69, 9.17) is 0 Å². The lowest BCUT2D eigenvalue weighted by atomic mass is 10.2. The molecular weight excluding hydrogens is 396 g/mol. The van der Waals surface area contributed by atoms with Gasteiger partial charge >= 0.3 is 0 Å². The molecule has 0 aliphatic heterocycles. The Morgan fingerprint density at radius 1 is 0.742 bits per heavy atom. The summed E-state index contributed by atoms with van der Waals surface area (Å²) in [5, 5.41) is 5.79. The summed E-state index contributed by atoms with van der Waals surface area (Å²) in [5.41, 5.74) is 3.88. The van der Waals surface area contributed by atoms with Crippen molar-refractivity contribution in [1.29, 1.82) is 0 Å². The van der Waals surface area contributed by atoms with Gasteiger partial charge in [0, 0.05) is 39.6 Å². The minimum absolute atomic E-state index is 0.161. The first kappa shape index (κ1) is 20.5. The third-order valence-corrected chi connectivity index (χ3v) is 5.05. The van der Waals surface area contributed by atoms with Crippen LogP contribution < -0.4 is 10.6 Å². The predicted octanol–water partition coefficient (Wildman–Crippen LogP) is 1.58. The van der Waals surface area contributed by atoms with Gasteiger partial charge in [0.15, 0.2) is 11.3 Å². The van der Waals surface area contributed by atoms with E-state index in [-0.39, 0.29) is 11.8 Å². The number of hydrogen-bond acceptors (Lipinski definition) is 6. The van der Waals surface area contributed by atoms with Gasteiger partial charge < -0.3 is 19.8 Å². The van der Waals surface area contributed by atoms with Gasteiger partial charge in [0.1, 0.15) is 11.0 Å². The Kier molecular flexibility index (Phi) is 5.87. The van der Waals surface area contributed by atoms with Crippen LogP contribution in [0.15, 0.2) is 37.2 Å². The van der Waals surface area contributed by atoms with E-state index < -0.39 is 0 Å². The second-order valence-corrected chi connectivity index (χ2v) is 7.42. The Labute approximate surface area is 178 Å².